The van der Waals surface area contributed by atoms with Gasteiger partial charge in [-0.1, -0.05) is 0 Å². The second-order valence-corrected chi connectivity index (χ2v) is 4.74. The van der Waals surface area contributed by atoms with Gasteiger partial charge in [0.15, 0.2) is 5.79 Å². The van der Waals surface area contributed by atoms with Crippen molar-refractivity contribution < 1.29 is 18.7 Å². The predicted molar refractivity (Wildman–Crippen MR) is 62.9 cm³/mol. The van der Waals surface area contributed by atoms with Crippen molar-refractivity contribution in [2.75, 3.05) is 26.3 Å². The molecule has 2 aliphatic rings. The highest BCUT2D eigenvalue weighted by Crippen LogP contribution is 2.31. The number of furan rings is 1. The van der Waals surface area contributed by atoms with Crippen LogP contribution in [0.25, 0.3) is 0 Å². The molecule has 0 aliphatic carbocycles. The number of piperidine rings is 1. The molecule has 0 unspecified atom stereocenters. The Balaban J connectivity index is 1.54. The van der Waals surface area contributed by atoms with Gasteiger partial charge in [0.1, 0.15) is 5.76 Å². The lowest BCUT2D eigenvalue weighted by Gasteiger charge is -2.37. The van der Waals surface area contributed by atoms with E-state index < -0.39 is 5.79 Å². The Morgan fingerprint density at radius 1 is 1.28 bits per heavy atom. The highest BCUT2D eigenvalue weighted by Gasteiger charge is 2.40. The van der Waals surface area contributed by atoms with E-state index in [4.69, 9.17) is 13.9 Å². The molecule has 1 amide bonds. The van der Waals surface area contributed by atoms with Crippen LogP contribution in [0.1, 0.15) is 18.6 Å². The molecule has 2 saturated heterocycles. The minimum atomic E-state index is -0.415. The number of carbonyl (C=O) groups excluding carboxylic acids is 1. The quantitative estimate of drug-likeness (QED) is 0.792. The van der Waals surface area contributed by atoms with E-state index in [0.29, 0.717) is 38.5 Å². The normalized spacial score (nSPS) is 22.6. The molecule has 0 saturated carbocycles. The summed E-state index contributed by atoms with van der Waals surface area (Å²) in [6, 6.07) is 3.63. The van der Waals surface area contributed by atoms with Gasteiger partial charge in [-0.15, -0.1) is 0 Å². The van der Waals surface area contributed by atoms with E-state index >= 15 is 0 Å². The lowest BCUT2D eigenvalue weighted by Crippen LogP contribution is -2.47. The Morgan fingerprint density at radius 2 is 2.00 bits per heavy atom. The van der Waals surface area contributed by atoms with Gasteiger partial charge in [-0.25, -0.2) is 0 Å². The van der Waals surface area contributed by atoms with E-state index in [2.05, 4.69) is 0 Å². The van der Waals surface area contributed by atoms with Crippen LogP contribution in [0.3, 0.4) is 0 Å². The van der Waals surface area contributed by atoms with Gasteiger partial charge in [-0.2, -0.15) is 0 Å². The zero-order valence-corrected chi connectivity index (χ0v) is 10.3. The average Bonchev–Trinajstić information content (AvgIpc) is 3.03. The van der Waals surface area contributed by atoms with Crippen LogP contribution in [-0.4, -0.2) is 42.9 Å². The third-order valence-electron chi connectivity index (χ3n) is 3.60. The predicted octanol–water partition coefficient (Wildman–Crippen LogP) is 1.19. The maximum absolute atomic E-state index is 12.1. The van der Waals surface area contributed by atoms with E-state index in [1.807, 2.05) is 11.0 Å². The molecule has 0 N–H and O–H groups in total. The molecule has 3 rings (SSSR count). The summed E-state index contributed by atoms with van der Waals surface area (Å²) in [5.74, 6) is 0.410. The van der Waals surface area contributed by atoms with Crippen LogP contribution in [0.2, 0.25) is 0 Å². The Bertz CT molecular complexity index is 399. The summed E-state index contributed by atoms with van der Waals surface area (Å²) in [6.45, 7) is 2.72. The molecular weight excluding hydrogens is 234 g/mol. The molecule has 18 heavy (non-hydrogen) atoms. The number of amides is 1. The molecular formula is C13H17NO4. The molecule has 98 valence electrons. The first-order chi connectivity index (χ1) is 8.77. The minimum absolute atomic E-state index is 0.109. The fraction of sp³-hybridized carbons (Fsp3) is 0.615. The number of hydrogen-bond donors (Lipinski definition) is 0. The summed E-state index contributed by atoms with van der Waals surface area (Å²) in [5, 5.41) is 0. The largest absolute Gasteiger partial charge is 0.469 e. The highest BCUT2D eigenvalue weighted by atomic mass is 16.7. The third-order valence-corrected chi connectivity index (χ3v) is 3.60. The van der Waals surface area contributed by atoms with Gasteiger partial charge in [0, 0.05) is 25.9 Å². The van der Waals surface area contributed by atoms with Crippen LogP contribution in [0.5, 0.6) is 0 Å². The van der Waals surface area contributed by atoms with Crippen LogP contribution in [0.4, 0.5) is 0 Å². The van der Waals surface area contributed by atoms with Crippen molar-refractivity contribution in [1.82, 2.24) is 4.90 Å². The van der Waals surface area contributed by atoms with Crippen molar-refractivity contribution >= 4 is 5.91 Å². The van der Waals surface area contributed by atoms with Crippen molar-refractivity contribution in [3.8, 4) is 0 Å². The molecule has 3 heterocycles. The Morgan fingerprint density at radius 3 is 2.61 bits per heavy atom. The molecule has 1 aromatic rings. The maximum atomic E-state index is 12.1. The van der Waals surface area contributed by atoms with Gasteiger partial charge in [0.2, 0.25) is 5.91 Å². The van der Waals surface area contributed by atoms with Crippen molar-refractivity contribution in [2.24, 2.45) is 0 Å². The Kier molecular flexibility index (Phi) is 3.09. The number of ether oxygens (including phenoxy) is 2. The molecule has 2 fully saturated rings. The highest BCUT2D eigenvalue weighted by molar-refractivity contribution is 5.78. The molecule has 1 aromatic heterocycles. The molecule has 5 heteroatoms. The molecule has 0 aromatic carbocycles. The van der Waals surface area contributed by atoms with Crippen molar-refractivity contribution in [3.05, 3.63) is 24.2 Å². The lowest BCUT2D eigenvalue weighted by molar-refractivity contribution is -0.187. The van der Waals surface area contributed by atoms with Gasteiger partial charge >= 0.3 is 0 Å². The van der Waals surface area contributed by atoms with Crippen LogP contribution in [0.15, 0.2) is 22.8 Å². The second-order valence-electron chi connectivity index (χ2n) is 4.74. The van der Waals surface area contributed by atoms with Gasteiger partial charge in [-0.3, -0.25) is 4.79 Å². The number of nitrogens with zero attached hydrogens (tertiary/aromatic N) is 1. The van der Waals surface area contributed by atoms with E-state index in [9.17, 15) is 4.79 Å². The molecule has 0 bridgehead atoms. The van der Waals surface area contributed by atoms with Crippen LogP contribution in [0, 0.1) is 0 Å². The van der Waals surface area contributed by atoms with Crippen LogP contribution >= 0.6 is 0 Å². The van der Waals surface area contributed by atoms with Crippen LogP contribution < -0.4 is 0 Å². The molecule has 5 nitrogen and oxygen atoms in total. The van der Waals surface area contributed by atoms with E-state index in [0.717, 1.165) is 12.8 Å². The number of rotatable bonds is 2. The van der Waals surface area contributed by atoms with Gasteiger partial charge < -0.3 is 18.8 Å². The Hall–Kier alpha value is -1.33. The van der Waals surface area contributed by atoms with Gasteiger partial charge in [0.05, 0.1) is 25.9 Å². The standard InChI is InChI=1S/C13H17NO4/c15-12(10-11-2-1-7-16-11)14-5-3-13(4-6-14)17-8-9-18-13/h1-2,7H,3-6,8-10H2. The SMILES string of the molecule is O=C(Cc1ccco1)N1CCC2(CC1)OCCO2. The summed E-state index contributed by atoms with van der Waals surface area (Å²) in [5.41, 5.74) is 0. The van der Waals surface area contributed by atoms with E-state index in [1.54, 1.807) is 12.3 Å². The number of likely N-dealkylation sites (tertiary alicyclic amines) is 1. The molecule has 2 aliphatic heterocycles. The first kappa shape index (κ1) is 11.7. The van der Waals surface area contributed by atoms with Crippen molar-refractivity contribution in [2.45, 2.75) is 25.0 Å². The molecule has 0 atom stereocenters. The first-order valence-electron chi connectivity index (χ1n) is 6.36. The lowest BCUT2D eigenvalue weighted by atomic mass is 10.0. The fourth-order valence-electron chi connectivity index (χ4n) is 2.56. The maximum Gasteiger partial charge on any atom is 0.230 e. The van der Waals surface area contributed by atoms with Crippen LogP contribution in [-0.2, 0) is 20.7 Å². The second kappa shape index (κ2) is 4.74. The summed E-state index contributed by atoms with van der Waals surface area (Å²) in [7, 11) is 0. The topological polar surface area (TPSA) is 51.9 Å². The van der Waals surface area contributed by atoms with Gasteiger partial charge in [0.25, 0.3) is 0 Å². The number of carbonyl (C=O) groups is 1. The van der Waals surface area contributed by atoms with Crippen molar-refractivity contribution in [3.63, 3.8) is 0 Å². The molecule has 0 radical (unpaired) electrons. The zero-order valence-electron chi connectivity index (χ0n) is 10.3. The minimum Gasteiger partial charge on any atom is -0.469 e. The van der Waals surface area contributed by atoms with E-state index in [1.165, 1.54) is 0 Å². The molecule has 1 spiro atoms. The van der Waals surface area contributed by atoms with Crippen molar-refractivity contribution in [1.29, 1.82) is 0 Å². The number of hydrogen-bond acceptors (Lipinski definition) is 4. The Labute approximate surface area is 106 Å². The summed E-state index contributed by atoms with van der Waals surface area (Å²) in [6.07, 6.45) is 3.45. The van der Waals surface area contributed by atoms with E-state index in [-0.39, 0.29) is 5.91 Å². The summed E-state index contributed by atoms with van der Waals surface area (Å²) in [4.78, 5) is 13.9. The zero-order chi connectivity index (χ0) is 12.4. The average molecular weight is 251 g/mol. The first-order valence-corrected chi connectivity index (χ1v) is 6.36. The fourth-order valence-corrected chi connectivity index (χ4v) is 2.56. The monoisotopic (exact) mass is 251 g/mol. The summed E-state index contributed by atoms with van der Waals surface area (Å²) < 4.78 is 16.5. The summed E-state index contributed by atoms with van der Waals surface area (Å²) >= 11 is 0. The smallest absolute Gasteiger partial charge is 0.230 e. The third kappa shape index (κ3) is 2.28. The van der Waals surface area contributed by atoms with Gasteiger partial charge in [-0.05, 0) is 12.1 Å².